The van der Waals surface area contributed by atoms with Gasteiger partial charge in [0.2, 0.25) is 10.0 Å². The number of rotatable bonds is 4. The van der Waals surface area contributed by atoms with Gasteiger partial charge in [-0.25, -0.2) is 17.6 Å². The smallest absolute Gasteiger partial charge is 0.407 e. The lowest BCUT2D eigenvalue weighted by molar-refractivity contribution is 0.0768. The summed E-state index contributed by atoms with van der Waals surface area (Å²) in [7, 11) is -3.43. The Morgan fingerprint density at radius 3 is 2.69 bits per heavy atom. The lowest BCUT2D eigenvalue weighted by atomic mass is 9.74. The first kappa shape index (κ1) is 24.8. The molecule has 3 heterocycles. The predicted octanol–water partition coefficient (Wildman–Crippen LogP) is 3.16. The van der Waals surface area contributed by atoms with E-state index in [1.54, 1.807) is 6.07 Å². The number of carbonyl (C=O) groups is 1. The fourth-order valence-electron chi connectivity index (χ4n) is 6.39. The van der Waals surface area contributed by atoms with Crippen molar-refractivity contribution in [2.45, 2.75) is 75.0 Å². The van der Waals surface area contributed by atoms with Gasteiger partial charge in [-0.1, -0.05) is 12.8 Å². The second-order valence-electron chi connectivity index (χ2n) is 10.7. The Balaban J connectivity index is 1.23. The van der Waals surface area contributed by atoms with Crippen LogP contribution in [0.1, 0.15) is 56.9 Å². The summed E-state index contributed by atoms with van der Waals surface area (Å²) in [6.07, 6.45) is 8.13. The number of piperidine rings is 1. The van der Waals surface area contributed by atoms with E-state index in [0.717, 1.165) is 70.0 Å². The highest BCUT2D eigenvalue weighted by Crippen LogP contribution is 2.48. The number of hydrogen-bond acceptors (Lipinski definition) is 6. The molecule has 10 heteroatoms. The van der Waals surface area contributed by atoms with E-state index in [4.69, 9.17) is 9.47 Å². The number of sulfonamides is 1. The van der Waals surface area contributed by atoms with Crippen molar-refractivity contribution >= 4 is 21.8 Å². The SMILES string of the molecule is CS(=O)(=O)N1CC2(CCN(C3CCCCC(NC(=O)O[C@H]4CCOC4)C3)CC2)c2cc(F)ccc21. The lowest BCUT2D eigenvalue weighted by Gasteiger charge is -2.43. The molecule has 5 rings (SSSR count). The Hall–Kier alpha value is -1.91. The van der Waals surface area contributed by atoms with Gasteiger partial charge in [0.1, 0.15) is 11.9 Å². The minimum absolute atomic E-state index is 0.0789. The van der Waals surface area contributed by atoms with E-state index in [2.05, 4.69) is 10.2 Å². The van der Waals surface area contributed by atoms with Gasteiger partial charge in [-0.05, 0) is 69.0 Å². The van der Waals surface area contributed by atoms with E-state index in [1.165, 1.54) is 22.7 Å². The van der Waals surface area contributed by atoms with Crippen LogP contribution in [0.3, 0.4) is 0 Å². The minimum atomic E-state index is -3.43. The van der Waals surface area contributed by atoms with E-state index in [1.807, 2.05) is 0 Å². The van der Waals surface area contributed by atoms with E-state index < -0.39 is 10.0 Å². The third-order valence-corrected chi connectivity index (χ3v) is 9.42. The zero-order chi connectivity index (χ0) is 24.6. The fourth-order valence-corrected chi connectivity index (χ4v) is 7.39. The van der Waals surface area contributed by atoms with Crippen molar-refractivity contribution in [1.29, 1.82) is 0 Å². The normalized spacial score (nSPS) is 29.1. The number of anilines is 1. The molecule has 1 amide bonds. The summed E-state index contributed by atoms with van der Waals surface area (Å²) < 4.78 is 51.3. The van der Waals surface area contributed by atoms with Gasteiger partial charge in [0.05, 0.1) is 25.2 Å². The van der Waals surface area contributed by atoms with Crippen molar-refractivity contribution in [3.63, 3.8) is 0 Å². The molecule has 1 aliphatic carbocycles. The van der Waals surface area contributed by atoms with Crippen LogP contribution in [-0.2, 0) is 24.9 Å². The van der Waals surface area contributed by atoms with Gasteiger partial charge < -0.3 is 19.7 Å². The van der Waals surface area contributed by atoms with Crippen LogP contribution in [0, 0.1) is 5.82 Å². The molecule has 0 bridgehead atoms. The van der Waals surface area contributed by atoms with Crippen LogP contribution in [-0.4, -0.2) is 76.7 Å². The molecule has 0 radical (unpaired) electrons. The van der Waals surface area contributed by atoms with Crippen LogP contribution >= 0.6 is 0 Å². The van der Waals surface area contributed by atoms with Crippen LogP contribution in [0.4, 0.5) is 14.9 Å². The van der Waals surface area contributed by atoms with Crippen molar-refractivity contribution in [3.8, 4) is 0 Å². The van der Waals surface area contributed by atoms with Crippen molar-refractivity contribution in [2.75, 3.05) is 43.4 Å². The van der Waals surface area contributed by atoms with Crippen LogP contribution in [0.25, 0.3) is 0 Å². The monoisotopic (exact) mass is 509 g/mol. The summed E-state index contributed by atoms with van der Waals surface area (Å²) >= 11 is 0. The maximum atomic E-state index is 14.2. The number of benzene rings is 1. The highest BCUT2D eigenvalue weighted by Gasteiger charge is 2.48. The molecular formula is C25H36FN3O5S. The molecular weight excluding hydrogens is 473 g/mol. The third-order valence-electron chi connectivity index (χ3n) is 8.30. The number of alkyl carbamates (subject to hydrolysis) is 1. The molecule has 3 aliphatic heterocycles. The summed E-state index contributed by atoms with van der Waals surface area (Å²) in [5.41, 5.74) is 1.08. The van der Waals surface area contributed by atoms with Crippen LogP contribution < -0.4 is 9.62 Å². The Morgan fingerprint density at radius 1 is 1.20 bits per heavy atom. The van der Waals surface area contributed by atoms with Gasteiger partial charge in [0, 0.05) is 30.5 Å². The summed E-state index contributed by atoms with van der Waals surface area (Å²) in [6, 6.07) is 4.91. The molecule has 8 nitrogen and oxygen atoms in total. The summed E-state index contributed by atoms with van der Waals surface area (Å²) in [5.74, 6) is -0.324. The van der Waals surface area contributed by atoms with E-state index in [9.17, 15) is 17.6 Å². The average Bonchev–Trinajstić information content (AvgIpc) is 3.35. The molecule has 2 unspecified atom stereocenters. The first-order valence-electron chi connectivity index (χ1n) is 12.8. The van der Waals surface area contributed by atoms with Crippen molar-refractivity contribution in [3.05, 3.63) is 29.6 Å². The molecule has 194 valence electrons. The largest absolute Gasteiger partial charge is 0.444 e. The quantitative estimate of drug-likeness (QED) is 0.628. The van der Waals surface area contributed by atoms with Gasteiger partial charge in [0.25, 0.3) is 0 Å². The second kappa shape index (κ2) is 9.86. The number of likely N-dealkylation sites (tertiary alicyclic amines) is 1. The van der Waals surface area contributed by atoms with Crippen molar-refractivity contribution < 1.29 is 27.1 Å². The third kappa shape index (κ3) is 5.29. The van der Waals surface area contributed by atoms with E-state index in [-0.39, 0.29) is 29.5 Å². The molecule has 4 aliphatic rings. The standard InChI is InChI=1S/C25H36FN3O5S/c1-35(31,32)29-17-25(22-14-18(26)6-7-23(22)29)9-11-28(12-10-25)20-5-3-2-4-19(15-20)27-24(30)34-21-8-13-33-16-21/h6-7,14,19-21H,2-5,8-13,15-17H2,1H3,(H,27,30)/t19?,20?,21-/m0/s1. The van der Waals surface area contributed by atoms with Gasteiger partial charge in [0.15, 0.2) is 0 Å². The molecule has 1 aromatic rings. The maximum absolute atomic E-state index is 14.2. The predicted molar refractivity (Wildman–Crippen MR) is 131 cm³/mol. The summed E-state index contributed by atoms with van der Waals surface area (Å²) in [5, 5.41) is 3.09. The number of nitrogens with zero attached hydrogens (tertiary/aromatic N) is 2. The van der Waals surface area contributed by atoms with Gasteiger partial charge in [-0.3, -0.25) is 4.31 Å². The van der Waals surface area contributed by atoms with Crippen LogP contribution in [0.15, 0.2) is 18.2 Å². The summed E-state index contributed by atoms with van der Waals surface area (Å²) in [6.45, 7) is 3.15. The van der Waals surface area contributed by atoms with E-state index >= 15 is 0 Å². The van der Waals surface area contributed by atoms with E-state index in [0.29, 0.717) is 31.5 Å². The molecule has 1 N–H and O–H groups in total. The topological polar surface area (TPSA) is 88.2 Å². The molecule has 0 aromatic heterocycles. The van der Waals surface area contributed by atoms with Crippen LogP contribution in [0.5, 0.6) is 0 Å². The molecule has 1 saturated carbocycles. The highest BCUT2D eigenvalue weighted by molar-refractivity contribution is 7.92. The molecule has 3 fully saturated rings. The van der Waals surface area contributed by atoms with Crippen molar-refractivity contribution in [2.24, 2.45) is 0 Å². The molecule has 1 aromatic carbocycles. The minimum Gasteiger partial charge on any atom is -0.444 e. The Morgan fingerprint density at radius 2 is 1.97 bits per heavy atom. The average molecular weight is 510 g/mol. The molecule has 1 spiro atoms. The van der Waals surface area contributed by atoms with Crippen molar-refractivity contribution in [1.82, 2.24) is 10.2 Å². The summed E-state index contributed by atoms with van der Waals surface area (Å²) in [4.78, 5) is 14.9. The second-order valence-corrected chi connectivity index (χ2v) is 12.6. The highest BCUT2D eigenvalue weighted by atomic mass is 32.2. The number of ether oxygens (including phenoxy) is 2. The van der Waals surface area contributed by atoms with Crippen LogP contribution in [0.2, 0.25) is 0 Å². The van der Waals surface area contributed by atoms with Gasteiger partial charge >= 0.3 is 6.09 Å². The first-order chi connectivity index (χ1) is 16.7. The zero-order valence-electron chi connectivity index (χ0n) is 20.4. The zero-order valence-corrected chi connectivity index (χ0v) is 21.2. The molecule has 2 saturated heterocycles. The van der Waals surface area contributed by atoms with Gasteiger partial charge in [-0.15, -0.1) is 0 Å². The Labute approximate surface area is 207 Å². The Bertz CT molecular complexity index is 1040. The molecule has 35 heavy (non-hydrogen) atoms. The van der Waals surface area contributed by atoms with Gasteiger partial charge in [-0.2, -0.15) is 0 Å². The number of nitrogens with one attached hydrogen (secondary N) is 1. The number of hydrogen-bond donors (Lipinski definition) is 1. The maximum Gasteiger partial charge on any atom is 0.407 e. The molecule has 3 atom stereocenters. The number of amides is 1. The Kier molecular flexibility index (Phi) is 6.98. The lowest BCUT2D eigenvalue weighted by Crippen LogP contribution is -2.50. The number of fused-ring (bicyclic) bond motifs is 2. The number of halogens is 1. The fraction of sp³-hybridized carbons (Fsp3) is 0.720. The first-order valence-corrected chi connectivity index (χ1v) is 14.7. The number of carbonyl (C=O) groups excluding carboxylic acids is 1.